The van der Waals surface area contributed by atoms with Crippen molar-refractivity contribution in [2.45, 2.75) is 26.8 Å². The SMILES string of the molecule is CCNC(=O)CN(CC)C(C)C(=O)c1ccc(F)cc1. The zero-order chi connectivity index (χ0) is 15.1. The molecule has 5 heteroatoms. The Kier molecular flexibility index (Phi) is 6.31. The van der Waals surface area contributed by atoms with Crippen LogP contribution in [0.4, 0.5) is 4.39 Å². The van der Waals surface area contributed by atoms with E-state index in [4.69, 9.17) is 0 Å². The number of hydrogen-bond acceptors (Lipinski definition) is 3. The molecule has 1 aromatic carbocycles. The molecule has 1 N–H and O–H groups in total. The van der Waals surface area contributed by atoms with Gasteiger partial charge in [-0.3, -0.25) is 14.5 Å². The van der Waals surface area contributed by atoms with E-state index in [9.17, 15) is 14.0 Å². The summed E-state index contributed by atoms with van der Waals surface area (Å²) in [5.41, 5.74) is 0.452. The number of benzene rings is 1. The Hall–Kier alpha value is -1.75. The fourth-order valence-electron chi connectivity index (χ4n) is 1.98. The molecule has 20 heavy (non-hydrogen) atoms. The molecule has 1 aromatic rings. The fraction of sp³-hybridized carbons (Fsp3) is 0.467. The third kappa shape index (κ3) is 4.42. The van der Waals surface area contributed by atoms with Gasteiger partial charge in [0.1, 0.15) is 5.82 Å². The quantitative estimate of drug-likeness (QED) is 0.776. The minimum Gasteiger partial charge on any atom is -0.355 e. The van der Waals surface area contributed by atoms with E-state index in [2.05, 4.69) is 5.32 Å². The van der Waals surface area contributed by atoms with Crippen LogP contribution in [0.25, 0.3) is 0 Å². The van der Waals surface area contributed by atoms with Crippen LogP contribution in [0.2, 0.25) is 0 Å². The molecule has 0 radical (unpaired) electrons. The first-order chi connectivity index (χ1) is 9.49. The Morgan fingerprint density at radius 2 is 1.85 bits per heavy atom. The summed E-state index contributed by atoms with van der Waals surface area (Å²) in [6, 6.07) is 5.04. The summed E-state index contributed by atoms with van der Waals surface area (Å²) in [4.78, 5) is 25.7. The van der Waals surface area contributed by atoms with E-state index >= 15 is 0 Å². The van der Waals surface area contributed by atoms with Gasteiger partial charge >= 0.3 is 0 Å². The van der Waals surface area contributed by atoms with Gasteiger partial charge in [0.05, 0.1) is 12.6 Å². The standard InChI is InChI=1S/C15H21FN2O2/c1-4-17-14(19)10-18(5-2)11(3)15(20)12-6-8-13(16)9-7-12/h6-9,11H,4-5,10H2,1-3H3,(H,17,19). The molecule has 0 fully saturated rings. The minimum atomic E-state index is -0.423. The Bertz CT molecular complexity index is 459. The Morgan fingerprint density at radius 3 is 2.35 bits per heavy atom. The van der Waals surface area contributed by atoms with E-state index in [-0.39, 0.29) is 24.1 Å². The average molecular weight is 280 g/mol. The molecule has 0 spiro atoms. The second-order valence-corrected chi connectivity index (χ2v) is 4.56. The summed E-state index contributed by atoms with van der Waals surface area (Å²) < 4.78 is 12.9. The number of hydrogen-bond donors (Lipinski definition) is 1. The molecule has 1 unspecified atom stereocenters. The molecule has 1 atom stereocenters. The Balaban J connectivity index is 2.74. The van der Waals surface area contributed by atoms with Gasteiger partial charge in [-0.05, 0) is 44.7 Å². The Morgan fingerprint density at radius 1 is 1.25 bits per heavy atom. The summed E-state index contributed by atoms with van der Waals surface area (Å²) in [6.45, 7) is 6.84. The lowest BCUT2D eigenvalue weighted by molar-refractivity contribution is -0.122. The van der Waals surface area contributed by atoms with Crippen LogP contribution in [-0.2, 0) is 4.79 Å². The van der Waals surface area contributed by atoms with E-state index in [1.807, 2.05) is 13.8 Å². The van der Waals surface area contributed by atoms with Gasteiger partial charge in [-0.15, -0.1) is 0 Å². The number of amides is 1. The topological polar surface area (TPSA) is 49.4 Å². The molecule has 110 valence electrons. The number of ketones is 1. The van der Waals surface area contributed by atoms with Crippen molar-refractivity contribution in [1.29, 1.82) is 0 Å². The molecular formula is C15H21FN2O2. The summed E-state index contributed by atoms with van der Waals surface area (Å²) in [6.07, 6.45) is 0. The predicted molar refractivity (Wildman–Crippen MR) is 76.1 cm³/mol. The highest BCUT2D eigenvalue weighted by molar-refractivity contribution is 6.00. The van der Waals surface area contributed by atoms with Crippen molar-refractivity contribution in [2.75, 3.05) is 19.6 Å². The summed E-state index contributed by atoms with van der Waals surface area (Å²) in [5, 5.41) is 2.71. The van der Waals surface area contributed by atoms with Crippen molar-refractivity contribution in [2.24, 2.45) is 0 Å². The van der Waals surface area contributed by atoms with Gasteiger partial charge in [0.15, 0.2) is 5.78 Å². The van der Waals surface area contributed by atoms with Gasteiger partial charge in [0, 0.05) is 12.1 Å². The van der Waals surface area contributed by atoms with Crippen LogP contribution in [0.15, 0.2) is 24.3 Å². The second-order valence-electron chi connectivity index (χ2n) is 4.56. The van der Waals surface area contributed by atoms with Crippen LogP contribution in [0.3, 0.4) is 0 Å². The maximum atomic E-state index is 12.9. The molecule has 1 amide bonds. The van der Waals surface area contributed by atoms with Crippen molar-refractivity contribution < 1.29 is 14.0 Å². The van der Waals surface area contributed by atoms with Gasteiger partial charge in [0.2, 0.25) is 5.91 Å². The zero-order valence-electron chi connectivity index (χ0n) is 12.1. The molecule has 0 aliphatic heterocycles. The number of nitrogens with zero attached hydrogens (tertiary/aromatic N) is 1. The first-order valence-electron chi connectivity index (χ1n) is 6.80. The second kappa shape index (κ2) is 7.75. The van der Waals surface area contributed by atoms with E-state index < -0.39 is 6.04 Å². The Labute approximate surface area is 119 Å². The van der Waals surface area contributed by atoms with Crippen LogP contribution >= 0.6 is 0 Å². The van der Waals surface area contributed by atoms with Crippen LogP contribution < -0.4 is 5.32 Å². The molecular weight excluding hydrogens is 259 g/mol. The number of carbonyl (C=O) groups is 2. The molecule has 1 rings (SSSR count). The average Bonchev–Trinajstić information content (AvgIpc) is 2.44. The highest BCUT2D eigenvalue weighted by Crippen LogP contribution is 2.10. The van der Waals surface area contributed by atoms with E-state index in [1.165, 1.54) is 24.3 Å². The van der Waals surface area contributed by atoms with Gasteiger partial charge in [-0.2, -0.15) is 0 Å². The first-order valence-corrected chi connectivity index (χ1v) is 6.80. The van der Waals surface area contributed by atoms with Crippen molar-refractivity contribution in [1.82, 2.24) is 10.2 Å². The van der Waals surface area contributed by atoms with Crippen LogP contribution in [-0.4, -0.2) is 42.3 Å². The number of carbonyl (C=O) groups excluding carboxylic acids is 2. The third-order valence-electron chi connectivity index (χ3n) is 3.18. The molecule has 0 heterocycles. The zero-order valence-corrected chi connectivity index (χ0v) is 12.1. The van der Waals surface area contributed by atoms with E-state index in [0.29, 0.717) is 18.7 Å². The predicted octanol–water partition coefficient (Wildman–Crippen LogP) is 1.85. The van der Waals surface area contributed by atoms with E-state index in [1.54, 1.807) is 11.8 Å². The van der Waals surface area contributed by atoms with E-state index in [0.717, 1.165) is 0 Å². The monoisotopic (exact) mass is 280 g/mol. The lowest BCUT2D eigenvalue weighted by atomic mass is 10.0. The smallest absolute Gasteiger partial charge is 0.234 e. The molecule has 0 aliphatic carbocycles. The highest BCUT2D eigenvalue weighted by Gasteiger charge is 2.23. The van der Waals surface area contributed by atoms with Crippen LogP contribution in [0.5, 0.6) is 0 Å². The summed E-state index contributed by atoms with van der Waals surface area (Å²) in [5.74, 6) is -0.590. The normalized spacial score (nSPS) is 12.2. The molecule has 0 saturated heterocycles. The number of halogens is 1. The number of nitrogens with one attached hydrogen (secondary N) is 1. The van der Waals surface area contributed by atoms with Gasteiger partial charge in [-0.25, -0.2) is 4.39 Å². The molecule has 0 bridgehead atoms. The lowest BCUT2D eigenvalue weighted by Gasteiger charge is -2.26. The summed E-state index contributed by atoms with van der Waals surface area (Å²) in [7, 11) is 0. The van der Waals surface area contributed by atoms with Gasteiger partial charge in [0.25, 0.3) is 0 Å². The number of Topliss-reactive ketones (excluding diaryl/α,β-unsaturated/α-hetero) is 1. The van der Waals surface area contributed by atoms with Crippen molar-refractivity contribution >= 4 is 11.7 Å². The molecule has 0 aromatic heterocycles. The maximum Gasteiger partial charge on any atom is 0.234 e. The maximum absolute atomic E-state index is 12.9. The van der Waals surface area contributed by atoms with Crippen molar-refractivity contribution in [3.63, 3.8) is 0 Å². The molecule has 0 saturated carbocycles. The van der Waals surface area contributed by atoms with Crippen molar-refractivity contribution in [3.8, 4) is 0 Å². The van der Waals surface area contributed by atoms with Gasteiger partial charge < -0.3 is 5.32 Å². The first kappa shape index (κ1) is 16.3. The van der Waals surface area contributed by atoms with Crippen molar-refractivity contribution in [3.05, 3.63) is 35.6 Å². The molecule has 4 nitrogen and oxygen atoms in total. The van der Waals surface area contributed by atoms with Crippen LogP contribution in [0, 0.1) is 5.82 Å². The fourth-order valence-corrected chi connectivity index (χ4v) is 1.98. The third-order valence-corrected chi connectivity index (χ3v) is 3.18. The van der Waals surface area contributed by atoms with Crippen LogP contribution in [0.1, 0.15) is 31.1 Å². The molecule has 0 aliphatic rings. The number of rotatable bonds is 7. The summed E-state index contributed by atoms with van der Waals surface area (Å²) >= 11 is 0. The highest BCUT2D eigenvalue weighted by atomic mass is 19.1. The minimum absolute atomic E-state index is 0.104. The largest absolute Gasteiger partial charge is 0.355 e. The number of likely N-dealkylation sites (N-methyl/N-ethyl adjacent to an activating group) is 2. The lowest BCUT2D eigenvalue weighted by Crippen LogP contribution is -2.45. The van der Waals surface area contributed by atoms with Gasteiger partial charge in [-0.1, -0.05) is 6.92 Å².